The number of nitrogens with zero attached hydrogens (tertiary/aromatic N) is 1. The first kappa shape index (κ1) is 18.2. The highest BCUT2D eigenvalue weighted by atomic mass is 35.5. The third-order valence-electron chi connectivity index (χ3n) is 3.33. The molecule has 0 radical (unpaired) electrons. The Morgan fingerprint density at radius 1 is 1.14 bits per heavy atom. The standard InChI is InChI=1S/C13H16F4N2O.ClH/c14-10-5-9(6-11(15)7-10)12(13(16,17)8-20)19-3-1-18-2-4-19;/h5-7,12,18,20H,1-4,8H2;1H/t12-;/m1./s1. The maximum absolute atomic E-state index is 14.0. The summed E-state index contributed by atoms with van der Waals surface area (Å²) in [6, 6.07) is 0.869. The summed E-state index contributed by atoms with van der Waals surface area (Å²) in [6.45, 7) is 0.280. The minimum absolute atomic E-state index is 0. The highest BCUT2D eigenvalue weighted by Crippen LogP contribution is 2.37. The van der Waals surface area contributed by atoms with Crippen LogP contribution in [0.3, 0.4) is 0 Å². The van der Waals surface area contributed by atoms with Crippen molar-refractivity contribution in [2.75, 3.05) is 32.8 Å². The number of benzene rings is 1. The molecular weight excluding hydrogens is 312 g/mol. The van der Waals surface area contributed by atoms with Crippen molar-refractivity contribution in [1.82, 2.24) is 10.2 Å². The van der Waals surface area contributed by atoms with Crippen LogP contribution in [0.5, 0.6) is 0 Å². The SMILES string of the molecule is Cl.OCC(F)(F)[C@@H](c1cc(F)cc(F)c1)N1CCNCC1. The first-order chi connectivity index (χ1) is 9.44. The van der Waals surface area contributed by atoms with Crippen LogP contribution in [0.15, 0.2) is 18.2 Å². The molecule has 1 aromatic rings. The molecule has 21 heavy (non-hydrogen) atoms. The zero-order valence-corrected chi connectivity index (χ0v) is 12.0. The van der Waals surface area contributed by atoms with Gasteiger partial charge in [-0.15, -0.1) is 12.4 Å². The van der Waals surface area contributed by atoms with Crippen molar-refractivity contribution in [3.8, 4) is 0 Å². The first-order valence-corrected chi connectivity index (χ1v) is 6.33. The van der Waals surface area contributed by atoms with E-state index in [1.165, 1.54) is 4.90 Å². The summed E-state index contributed by atoms with van der Waals surface area (Å²) in [5.41, 5.74) is -0.163. The van der Waals surface area contributed by atoms with Crippen molar-refractivity contribution < 1.29 is 22.7 Å². The fourth-order valence-corrected chi connectivity index (χ4v) is 2.48. The number of halogens is 5. The highest BCUT2D eigenvalue weighted by Gasteiger charge is 2.44. The molecule has 0 unspecified atom stereocenters. The number of hydrogen-bond donors (Lipinski definition) is 2. The van der Waals surface area contributed by atoms with Gasteiger partial charge in [0, 0.05) is 32.2 Å². The van der Waals surface area contributed by atoms with E-state index in [1.54, 1.807) is 0 Å². The minimum atomic E-state index is -3.47. The van der Waals surface area contributed by atoms with Crippen molar-refractivity contribution in [2.45, 2.75) is 12.0 Å². The van der Waals surface area contributed by atoms with Crippen LogP contribution in [0.2, 0.25) is 0 Å². The van der Waals surface area contributed by atoms with Crippen molar-refractivity contribution in [3.63, 3.8) is 0 Å². The minimum Gasteiger partial charge on any atom is -0.390 e. The molecule has 0 bridgehead atoms. The molecule has 0 spiro atoms. The second-order valence-corrected chi connectivity index (χ2v) is 4.81. The lowest BCUT2D eigenvalue weighted by Crippen LogP contribution is -2.51. The second-order valence-electron chi connectivity index (χ2n) is 4.81. The molecule has 0 saturated carbocycles. The number of piperazine rings is 1. The van der Waals surface area contributed by atoms with Gasteiger partial charge in [0.15, 0.2) is 0 Å². The van der Waals surface area contributed by atoms with Gasteiger partial charge in [0.2, 0.25) is 0 Å². The Kier molecular flexibility index (Phi) is 6.40. The van der Waals surface area contributed by atoms with Gasteiger partial charge in [0.1, 0.15) is 24.3 Å². The Labute approximate surface area is 126 Å². The van der Waals surface area contributed by atoms with Gasteiger partial charge in [-0.25, -0.2) is 17.6 Å². The molecule has 120 valence electrons. The molecule has 2 rings (SSSR count). The Hall–Kier alpha value is -0.890. The monoisotopic (exact) mass is 328 g/mol. The molecule has 1 aromatic carbocycles. The number of rotatable bonds is 4. The highest BCUT2D eigenvalue weighted by molar-refractivity contribution is 5.85. The first-order valence-electron chi connectivity index (χ1n) is 6.33. The Morgan fingerprint density at radius 2 is 1.67 bits per heavy atom. The zero-order valence-electron chi connectivity index (χ0n) is 11.2. The smallest absolute Gasteiger partial charge is 0.289 e. The number of aliphatic hydroxyl groups is 1. The largest absolute Gasteiger partial charge is 0.390 e. The number of nitrogens with one attached hydrogen (secondary N) is 1. The summed E-state index contributed by atoms with van der Waals surface area (Å²) < 4.78 is 54.5. The maximum atomic E-state index is 14.0. The van der Waals surface area contributed by atoms with Gasteiger partial charge >= 0.3 is 0 Å². The van der Waals surface area contributed by atoms with Crippen molar-refractivity contribution in [3.05, 3.63) is 35.4 Å². The molecular formula is C13H17ClF4N2O. The van der Waals surface area contributed by atoms with E-state index in [0.29, 0.717) is 32.2 Å². The predicted molar refractivity (Wildman–Crippen MR) is 72.8 cm³/mol. The van der Waals surface area contributed by atoms with Crippen molar-refractivity contribution in [2.24, 2.45) is 0 Å². The average Bonchev–Trinajstić information content (AvgIpc) is 2.39. The quantitative estimate of drug-likeness (QED) is 0.830. The predicted octanol–water partition coefficient (Wildman–Crippen LogP) is 1.96. The summed E-state index contributed by atoms with van der Waals surface area (Å²) in [5.74, 6) is -5.29. The van der Waals surface area contributed by atoms with Gasteiger partial charge in [-0.2, -0.15) is 0 Å². The van der Waals surface area contributed by atoms with Gasteiger partial charge in [-0.1, -0.05) is 0 Å². The molecule has 1 fully saturated rings. The molecule has 1 heterocycles. The second kappa shape index (κ2) is 7.40. The van der Waals surface area contributed by atoms with E-state index in [4.69, 9.17) is 5.11 Å². The lowest BCUT2D eigenvalue weighted by molar-refractivity contribution is -0.118. The van der Waals surface area contributed by atoms with E-state index in [-0.39, 0.29) is 18.0 Å². The fourth-order valence-electron chi connectivity index (χ4n) is 2.48. The summed E-state index contributed by atoms with van der Waals surface area (Å²) in [5, 5.41) is 11.9. The van der Waals surface area contributed by atoms with Crippen LogP contribution in [0.25, 0.3) is 0 Å². The molecule has 2 N–H and O–H groups in total. The summed E-state index contributed by atoms with van der Waals surface area (Å²) in [6.07, 6.45) is 0. The Morgan fingerprint density at radius 3 is 2.14 bits per heavy atom. The molecule has 1 saturated heterocycles. The van der Waals surface area contributed by atoms with E-state index in [2.05, 4.69) is 5.32 Å². The van der Waals surface area contributed by atoms with Gasteiger partial charge < -0.3 is 10.4 Å². The van der Waals surface area contributed by atoms with Gasteiger partial charge in [0.25, 0.3) is 5.92 Å². The lowest BCUT2D eigenvalue weighted by Gasteiger charge is -2.38. The fraction of sp³-hybridized carbons (Fsp3) is 0.538. The van der Waals surface area contributed by atoms with Crippen molar-refractivity contribution >= 4 is 12.4 Å². The average molecular weight is 329 g/mol. The molecule has 0 amide bonds. The number of hydrogen-bond acceptors (Lipinski definition) is 3. The molecule has 1 atom stereocenters. The van der Waals surface area contributed by atoms with Crippen LogP contribution >= 0.6 is 12.4 Å². The third kappa shape index (κ3) is 4.29. The summed E-state index contributed by atoms with van der Waals surface area (Å²) >= 11 is 0. The van der Waals surface area contributed by atoms with E-state index in [1.807, 2.05) is 0 Å². The van der Waals surface area contributed by atoms with Crippen LogP contribution in [-0.4, -0.2) is 48.7 Å². The normalized spacial score (nSPS) is 18.1. The van der Waals surface area contributed by atoms with Crippen molar-refractivity contribution in [1.29, 1.82) is 0 Å². The van der Waals surface area contributed by atoms with Gasteiger partial charge in [-0.3, -0.25) is 4.90 Å². The lowest BCUT2D eigenvalue weighted by atomic mass is 9.98. The zero-order chi connectivity index (χ0) is 14.8. The van der Waals surface area contributed by atoms with Gasteiger partial charge in [0.05, 0.1) is 0 Å². The molecule has 1 aliphatic rings. The molecule has 8 heteroatoms. The maximum Gasteiger partial charge on any atom is 0.289 e. The topological polar surface area (TPSA) is 35.5 Å². The summed E-state index contributed by atoms with van der Waals surface area (Å²) in [7, 11) is 0. The number of alkyl halides is 2. The molecule has 3 nitrogen and oxygen atoms in total. The van der Waals surface area contributed by atoms with Gasteiger partial charge in [-0.05, 0) is 17.7 Å². The van der Waals surface area contributed by atoms with Crippen LogP contribution in [0.4, 0.5) is 17.6 Å². The van der Waals surface area contributed by atoms with Crippen LogP contribution < -0.4 is 5.32 Å². The van der Waals surface area contributed by atoms with Crippen LogP contribution in [-0.2, 0) is 0 Å². The number of aliphatic hydroxyl groups excluding tert-OH is 1. The van der Waals surface area contributed by atoms with E-state index in [0.717, 1.165) is 12.1 Å². The summed E-state index contributed by atoms with van der Waals surface area (Å²) in [4.78, 5) is 1.43. The molecule has 1 aliphatic heterocycles. The Balaban J connectivity index is 0.00000220. The van der Waals surface area contributed by atoms with E-state index >= 15 is 0 Å². The van der Waals surface area contributed by atoms with Crippen LogP contribution in [0.1, 0.15) is 11.6 Å². The third-order valence-corrected chi connectivity index (χ3v) is 3.33. The molecule has 0 aliphatic carbocycles. The van der Waals surface area contributed by atoms with E-state index < -0.39 is 30.2 Å². The van der Waals surface area contributed by atoms with Crippen LogP contribution in [0, 0.1) is 11.6 Å². The van der Waals surface area contributed by atoms with E-state index in [9.17, 15) is 17.6 Å². The molecule has 0 aromatic heterocycles. The Bertz CT molecular complexity index is 449.